The van der Waals surface area contributed by atoms with Crippen molar-refractivity contribution >= 4 is 45.7 Å². The maximum atomic E-state index is 11.2. The molecule has 0 aliphatic carbocycles. The predicted octanol–water partition coefficient (Wildman–Crippen LogP) is 1.41. The van der Waals surface area contributed by atoms with Crippen molar-refractivity contribution in [2.24, 2.45) is 0 Å². The topological polar surface area (TPSA) is 86.7 Å². The van der Waals surface area contributed by atoms with Gasteiger partial charge in [-0.1, -0.05) is 23.5 Å². The van der Waals surface area contributed by atoms with Crippen molar-refractivity contribution in [3.05, 3.63) is 0 Å². The first-order chi connectivity index (χ1) is 9.22. The highest BCUT2D eigenvalue weighted by Gasteiger charge is 2.28. The number of hydrogen-bond acceptors (Lipinski definition) is 8. The molecule has 6 nitrogen and oxygen atoms in total. The molecule has 0 fully saturated rings. The Kier molecular flexibility index (Phi) is 9.32. The van der Waals surface area contributed by atoms with E-state index in [4.69, 9.17) is 9.47 Å². The number of carbonyl (C=O) groups excluding carboxylic acids is 4. The molecule has 114 valence electrons. The number of ether oxygens (including phenoxy) is 2. The van der Waals surface area contributed by atoms with E-state index in [2.05, 4.69) is 0 Å². The van der Waals surface area contributed by atoms with E-state index < -0.39 is 23.3 Å². The number of carbonyl (C=O) groups is 4. The quantitative estimate of drug-likeness (QED) is 0.650. The van der Waals surface area contributed by atoms with E-state index in [0.29, 0.717) is 5.75 Å². The van der Waals surface area contributed by atoms with E-state index in [1.807, 2.05) is 0 Å². The van der Waals surface area contributed by atoms with Gasteiger partial charge in [0.05, 0.1) is 5.25 Å². The summed E-state index contributed by atoms with van der Waals surface area (Å²) in [6, 6.07) is 0. The van der Waals surface area contributed by atoms with Crippen LogP contribution in [0.4, 0.5) is 0 Å². The minimum absolute atomic E-state index is 0.104. The Morgan fingerprint density at radius 2 is 1.55 bits per heavy atom. The van der Waals surface area contributed by atoms with Gasteiger partial charge in [-0.2, -0.15) is 0 Å². The Hall–Kier alpha value is -1.02. The van der Waals surface area contributed by atoms with Crippen LogP contribution >= 0.6 is 23.5 Å². The summed E-state index contributed by atoms with van der Waals surface area (Å²) in [7, 11) is 0. The standard InChI is InChI=1S/C12H18O6S2/c1-7(13)17-5-11(18-8(2)14)12(20-10(4)16)6-19-9(3)15/h11-12H,5-6H2,1-4H3. The van der Waals surface area contributed by atoms with Crippen LogP contribution in [0.1, 0.15) is 27.7 Å². The first-order valence-corrected chi connectivity index (χ1v) is 7.70. The maximum absolute atomic E-state index is 11.2. The van der Waals surface area contributed by atoms with Gasteiger partial charge in [0.2, 0.25) is 0 Å². The zero-order chi connectivity index (χ0) is 15.7. The number of thioether (sulfide) groups is 2. The molecule has 0 saturated carbocycles. The molecule has 0 aromatic rings. The van der Waals surface area contributed by atoms with Gasteiger partial charge < -0.3 is 9.47 Å². The molecule has 0 heterocycles. The lowest BCUT2D eigenvalue weighted by Crippen LogP contribution is -2.36. The van der Waals surface area contributed by atoms with Gasteiger partial charge in [-0.05, 0) is 0 Å². The molecule has 0 aromatic heterocycles. The Labute approximate surface area is 126 Å². The van der Waals surface area contributed by atoms with E-state index in [-0.39, 0.29) is 16.8 Å². The van der Waals surface area contributed by atoms with Crippen LogP contribution in [0.25, 0.3) is 0 Å². The van der Waals surface area contributed by atoms with Gasteiger partial charge in [0.15, 0.2) is 10.2 Å². The second kappa shape index (κ2) is 9.82. The Morgan fingerprint density at radius 3 is 1.95 bits per heavy atom. The summed E-state index contributed by atoms with van der Waals surface area (Å²) < 4.78 is 9.92. The Balaban J connectivity index is 4.83. The molecule has 0 saturated heterocycles. The van der Waals surface area contributed by atoms with E-state index >= 15 is 0 Å². The fourth-order valence-electron chi connectivity index (χ4n) is 1.26. The highest BCUT2D eigenvalue weighted by atomic mass is 32.2. The molecule has 0 rings (SSSR count). The number of esters is 2. The molecule has 0 amide bonds. The zero-order valence-electron chi connectivity index (χ0n) is 11.8. The van der Waals surface area contributed by atoms with Crippen LogP contribution in [-0.2, 0) is 28.7 Å². The molecule has 0 N–H and O–H groups in total. The summed E-state index contributed by atoms with van der Waals surface area (Å²) in [5.74, 6) is -0.754. The fourth-order valence-corrected chi connectivity index (χ4v) is 3.06. The largest absolute Gasteiger partial charge is 0.462 e. The maximum Gasteiger partial charge on any atom is 0.303 e. The van der Waals surface area contributed by atoms with Crippen LogP contribution in [0.5, 0.6) is 0 Å². The molecule has 20 heavy (non-hydrogen) atoms. The SMILES string of the molecule is CC(=O)OCC(OC(C)=O)C(CSC(C)=O)SC(C)=O. The second-order valence-electron chi connectivity index (χ2n) is 3.90. The third-order valence-corrected chi connectivity index (χ3v) is 4.20. The minimum Gasteiger partial charge on any atom is -0.462 e. The Morgan fingerprint density at radius 1 is 0.950 bits per heavy atom. The molecule has 0 bridgehead atoms. The van der Waals surface area contributed by atoms with Crippen LogP contribution < -0.4 is 0 Å². The first-order valence-electron chi connectivity index (χ1n) is 5.83. The van der Waals surface area contributed by atoms with E-state index in [0.717, 1.165) is 23.5 Å². The monoisotopic (exact) mass is 322 g/mol. The molecule has 0 radical (unpaired) electrons. The van der Waals surface area contributed by atoms with Crippen molar-refractivity contribution in [1.29, 1.82) is 0 Å². The highest BCUT2D eigenvalue weighted by Crippen LogP contribution is 2.23. The molecule has 0 aliphatic rings. The van der Waals surface area contributed by atoms with Crippen molar-refractivity contribution < 1.29 is 28.7 Å². The molecular weight excluding hydrogens is 304 g/mol. The first kappa shape index (κ1) is 19.0. The summed E-state index contributed by atoms with van der Waals surface area (Å²) in [5, 5.41) is -0.725. The molecule has 0 aliphatic heterocycles. The van der Waals surface area contributed by atoms with Gasteiger partial charge in [-0.3, -0.25) is 19.2 Å². The van der Waals surface area contributed by atoms with Crippen molar-refractivity contribution in [1.82, 2.24) is 0 Å². The summed E-state index contributed by atoms with van der Waals surface area (Å²) in [4.78, 5) is 44.2. The molecule has 0 spiro atoms. The van der Waals surface area contributed by atoms with Crippen LogP contribution in [0.15, 0.2) is 0 Å². The minimum atomic E-state index is -0.767. The van der Waals surface area contributed by atoms with Gasteiger partial charge in [0.25, 0.3) is 0 Å². The highest BCUT2D eigenvalue weighted by molar-refractivity contribution is 8.17. The van der Waals surface area contributed by atoms with Crippen LogP contribution in [0.2, 0.25) is 0 Å². The molecular formula is C12H18O6S2. The third kappa shape index (κ3) is 9.85. The Bertz CT molecular complexity index is 346. The normalized spacial score (nSPS) is 13.2. The van der Waals surface area contributed by atoms with Gasteiger partial charge >= 0.3 is 11.9 Å². The smallest absolute Gasteiger partial charge is 0.303 e. The van der Waals surface area contributed by atoms with Crippen LogP contribution in [0.3, 0.4) is 0 Å². The fraction of sp³-hybridized carbons (Fsp3) is 0.667. The van der Waals surface area contributed by atoms with E-state index in [1.54, 1.807) is 0 Å². The summed E-state index contributed by atoms with van der Waals surface area (Å²) in [6.45, 7) is 5.12. The van der Waals surface area contributed by atoms with E-state index in [9.17, 15) is 19.2 Å². The van der Waals surface area contributed by atoms with Crippen molar-refractivity contribution in [2.45, 2.75) is 39.0 Å². The van der Waals surface area contributed by atoms with Gasteiger partial charge in [0, 0.05) is 33.4 Å². The second-order valence-corrected chi connectivity index (χ2v) is 6.51. The van der Waals surface area contributed by atoms with Gasteiger partial charge in [0.1, 0.15) is 12.7 Å². The third-order valence-electron chi connectivity index (χ3n) is 1.95. The molecule has 2 unspecified atom stereocenters. The van der Waals surface area contributed by atoms with Crippen LogP contribution in [0, 0.1) is 0 Å². The summed E-state index contributed by atoms with van der Waals surface area (Å²) in [6.07, 6.45) is -0.767. The lowest BCUT2D eigenvalue weighted by molar-refractivity contribution is -0.156. The predicted molar refractivity (Wildman–Crippen MR) is 77.4 cm³/mol. The average Bonchev–Trinajstić information content (AvgIpc) is 2.28. The van der Waals surface area contributed by atoms with Crippen molar-refractivity contribution in [3.63, 3.8) is 0 Å². The number of hydrogen-bond donors (Lipinski definition) is 0. The molecule has 8 heteroatoms. The summed E-state index contributed by atoms with van der Waals surface area (Å²) in [5.41, 5.74) is 0. The van der Waals surface area contributed by atoms with Gasteiger partial charge in [-0.25, -0.2) is 0 Å². The lowest BCUT2D eigenvalue weighted by atomic mass is 10.3. The molecule has 2 atom stereocenters. The number of rotatable bonds is 7. The lowest BCUT2D eigenvalue weighted by Gasteiger charge is -2.24. The average molecular weight is 322 g/mol. The van der Waals surface area contributed by atoms with Crippen LogP contribution in [-0.4, -0.2) is 45.9 Å². The van der Waals surface area contributed by atoms with Crippen molar-refractivity contribution in [2.75, 3.05) is 12.4 Å². The zero-order valence-corrected chi connectivity index (χ0v) is 13.5. The summed E-state index contributed by atoms with van der Waals surface area (Å²) >= 11 is 1.99. The molecule has 0 aromatic carbocycles. The van der Waals surface area contributed by atoms with Crippen molar-refractivity contribution in [3.8, 4) is 0 Å². The van der Waals surface area contributed by atoms with E-state index in [1.165, 1.54) is 27.7 Å². The van der Waals surface area contributed by atoms with Gasteiger partial charge in [-0.15, -0.1) is 0 Å².